The van der Waals surface area contributed by atoms with E-state index in [0.29, 0.717) is 5.95 Å². The number of hydrogen-bond acceptors (Lipinski definition) is 4. The maximum absolute atomic E-state index is 4.95. The summed E-state index contributed by atoms with van der Waals surface area (Å²) in [5, 5.41) is 1.53. The molecule has 0 aliphatic rings. The summed E-state index contributed by atoms with van der Waals surface area (Å²) in [4.78, 5) is 13.3. The standard InChI is InChI=1S/C8H13N3O/c1-6-5-7(2)10-8(9-6)11(3)12-4/h5H,1-4H3. The molecule has 0 spiro atoms. The van der Waals surface area contributed by atoms with Crippen LogP contribution >= 0.6 is 0 Å². The lowest BCUT2D eigenvalue weighted by Gasteiger charge is -2.13. The van der Waals surface area contributed by atoms with Crippen LogP contribution in [0.4, 0.5) is 5.95 Å². The molecule has 1 aromatic rings. The molecule has 0 aromatic carbocycles. The van der Waals surface area contributed by atoms with Gasteiger partial charge in [-0.15, -0.1) is 0 Å². The van der Waals surface area contributed by atoms with Crippen LogP contribution in [0.15, 0.2) is 6.07 Å². The van der Waals surface area contributed by atoms with Crippen molar-refractivity contribution in [1.29, 1.82) is 0 Å². The zero-order valence-corrected chi connectivity index (χ0v) is 7.83. The van der Waals surface area contributed by atoms with E-state index in [4.69, 9.17) is 4.84 Å². The molecule has 1 rings (SSSR count). The number of hydrogen-bond donors (Lipinski definition) is 0. The normalized spacial score (nSPS) is 10.0. The molecule has 0 radical (unpaired) electrons. The van der Waals surface area contributed by atoms with Crippen LogP contribution < -0.4 is 5.06 Å². The van der Waals surface area contributed by atoms with Crippen molar-refractivity contribution < 1.29 is 4.84 Å². The monoisotopic (exact) mass is 167 g/mol. The first-order valence-corrected chi connectivity index (χ1v) is 3.73. The van der Waals surface area contributed by atoms with Crippen molar-refractivity contribution >= 4 is 5.95 Å². The lowest BCUT2D eigenvalue weighted by atomic mass is 10.4. The molecule has 0 amide bonds. The van der Waals surface area contributed by atoms with Gasteiger partial charge in [-0.25, -0.2) is 15.0 Å². The van der Waals surface area contributed by atoms with E-state index in [9.17, 15) is 0 Å². The summed E-state index contributed by atoms with van der Waals surface area (Å²) in [6.07, 6.45) is 0. The van der Waals surface area contributed by atoms with Crippen LogP contribution in [0.2, 0.25) is 0 Å². The van der Waals surface area contributed by atoms with Gasteiger partial charge in [-0.2, -0.15) is 0 Å². The van der Waals surface area contributed by atoms with Gasteiger partial charge in [0.25, 0.3) is 0 Å². The molecule has 4 nitrogen and oxygen atoms in total. The van der Waals surface area contributed by atoms with Gasteiger partial charge in [-0.3, -0.25) is 4.84 Å². The highest BCUT2D eigenvalue weighted by Crippen LogP contribution is 2.07. The number of hydroxylamine groups is 1. The van der Waals surface area contributed by atoms with E-state index in [1.807, 2.05) is 19.9 Å². The van der Waals surface area contributed by atoms with Gasteiger partial charge in [-0.1, -0.05) is 0 Å². The van der Waals surface area contributed by atoms with Gasteiger partial charge in [0.1, 0.15) is 0 Å². The molecule has 66 valence electrons. The predicted molar refractivity (Wildman–Crippen MR) is 46.9 cm³/mol. The summed E-state index contributed by atoms with van der Waals surface area (Å²) in [7, 11) is 3.36. The topological polar surface area (TPSA) is 38.2 Å². The van der Waals surface area contributed by atoms with Gasteiger partial charge in [0.2, 0.25) is 5.95 Å². The Bertz CT molecular complexity index is 255. The minimum atomic E-state index is 0.593. The largest absolute Gasteiger partial charge is 0.274 e. The Labute approximate surface area is 72.2 Å². The summed E-state index contributed by atoms with van der Waals surface area (Å²) < 4.78 is 0. The summed E-state index contributed by atoms with van der Waals surface area (Å²) in [6.45, 7) is 3.86. The minimum Gasteiger partial charge on any atom is -0.274 e. The van der Waals surface area contributed by atoms with Crippen LogP contribution in [0.3, 0.4) is 0 Å². The molecule has 1 aromatic heterocycles. The van der Waals surface area contributed by atoms with Crippen molar-refractivity contribution in [2.75, 3.05) is 19.2 Å². The summed E-state index contributed by atoms with van der Waals surface area (Å²) in [5.74, 6) is 0.593. The molecular weight excluding hydrogens is 154 g/mol. The minimum absolute atomic E-state index is 0.593. The Morgan fingerprint density at radius 1 is 1.25 bits per heavy atom. The summed E-state index contributed by atoms with van der Waals surface area (Å²) in [5.41, 5.74) is 1.89. The van der Waals surface area contributed by atoms with Crippen LogP contribution in [-0.4, -0.2) is 24.1 Å². The van der Waals surface area contributed by atoms with Gasteiger partial charge in [0.05, 0.1) is 7.11 Å². The Kier molecular flexibility index (Phi) is 2.60. The average molecular weight is 167 g/mol. The van der Waals surface area contributed by atoms with E-state index >= 15 is 0 Å². The van der Waals surface area contributed by atoms with Crippen LogP contribution in [-0.2, 0) is 4.84 Å². The summed E-state index contributed by atoms with van der Waals surface area (Å²) in [6, 6.07) is 1.92. The highest BCUT2D eigenvalue weighted by molar-refractivity contribution is 5.27. The Hall–Kier alpha value is -1.16. The third-order valence-corrected chi connectivity index (χ3v) is 1.53. The fourth-order valence-electron chi connectivity index (χ4n) is 0.930. The number of rotatable bonds is 2. The molecule has 12 heavy (non-hydrogen) atoms. The zero-order valence-electron chi connectivity index (χ0n) is 7.83. The van der Waals surface area contributed by atoms with E-state index in [1.165, 1.54) is 5.06 Å². The molecule has 0 saturated heterocycles. The second-order valence-corrected chi connectivity index (χ2v) is 2.63. The third kappa shape index (κ3) is 1.92. The maximum atomic E-state index is 4.95. The van der Waals surface area contributed by atoms with Crippen molar-refractivity contribution in [2.24, 2.45) is 0 Å². The van der Waals surface area contributed by atoms with Crippen LogP contribution in [0.5, 0.6) is 0 Å². The lowest BCUT2D eigenvalue weighted by Crippen LogP contribution is -2.18. The molecule has 0 N–H and O–H groups in total. The number of anilines is 1. The number of nitrogens with zero attached hydrogens (tertiary/aromatic N) is 3. The number of aryl methyl sites for hydroxylation is 2. The first-order valence-electron chi connectivity index (χ1n) is 3.73. The smallest absolute Gasteiger partial charge is 0.249 e. The second kappa shape index (κ2) is 3.49. The zero-order chi connectivity index (χ0) is 9.14. The molecule has 0 aliphatic carbocycles. The Morgan fingerprint density at radius 3 is 2.17 bits per heavy atom. The molecule has 4 heteroatoms. The maximum Gasteiger partial charge on any atom is 0.249 e. The van der Waals surface area contributed by atoms with Crippen molar-refractivity contribution in [2.45, 2.75) is 13.8 Å². The van der Waals surface area contributed by atoms with Gasteiger partial charge >= 0.3 is 0 Å². The van der Waals surface area contributed by atoms with Crippen molar-refractivity contribution in [3.05, 3.63) is 17.5 Å². The second-order valence-electron chi connectivity index (χ2n) is 2.63. The molecule has 0 aliphatic heterocycles. The van der Waals surface area contributed by atoms with Crippen LogP contribution in [0.25, 0.3) is 0 Å². The predicted octanol–water partition coefficient (Wildman–Crippen LogP) is 1.09. The van der Waals surface area contributed by atoms with E-state index < -0.39 is 0 Å². The van der Waals surface area contributed by atoms with Crippen molar-refractivity contribution in [3.63, 3.8) is 0 Å². The molecule has 0 unspecified atom stereocenters. The fraction of sp³-hybridized carbons (Fsp3) is 0.500. The number of aromatic nitrogens is 2. The first kappa shape index (κ1) is 8.93. The fourth-order valence-corrected chi connectivity index (χ4v) is 0.930. The van der Waals surface area contributed by atoms with E-state index in [-0.39, 0.29) is 0 Å². The van der Waals surface area contributed by atoms with Crippen LogP contribution in [0, 0.1) is 13.8 Å². The lowest BCUT2D eigenvalue weighted by molar-refractivity contribution is 0.179. The molecule has 0 fully saturated rings. The van der Waals surface area contributed by atoms with Gasteiger partial charge in [0.15, 0.2) is 0 Å². The van der Waals surface area contributed by atoms with Crippen LogP contribution in [0.1, 0.15) is 11.4 Å². The Balaban J connectivity index is 3.00. The first-order chi connectivity index (χ1) is 5.63. The summed E-state index contributed by atoms with van der Waals surface area (Å²) >= 11 is 0. The molecule has 0 saturated carbocycles. The SMILES string of the molecule is CON(C)c1nc(C)cc(C)n1. The molecule has 0 bridgehead atoms. The highest BCUT2D eigenvalue weighted by Gasteiger charge is 2.03. The molecule has 0 atom stereocenters. The molecule has 1 heterocycles. The van der Waals surface area contributed by atoms with Gasteiger partial charge in [0, 0.05) is 18.4 Å². The quantitative estimate of drug-likeness (QED) is 0.618. The van der Waals surface area contributed by atoms with Crippen molar-refractivity contribution in [3.8, 4) is 0 Å². The third-order valence-electron chi connectivity index (χ3n) is 1.53. The van der Waals surface area contributed by atoms with Crippen molar-refractivity contribution in [1.82, 2.24) is 9.97 Å². The van der Waals surface area contributed by atoms with E-state index in [0.717, 1.165) is 11.4 Å². The van der Waals surface area contributed by atoms with E-state index in [1.54, 1.807) is 14.2 Å². The Morgan fingerprint density at radius 2 is 1.75 bits per heavy atom. The molecular formula is C8H13N3O. The average Bonchev–Trinajstić information content (AvgIpc) is 2.01. The highest BCUT2D eigenvalue weighted by atomic mass is 16.7. The van der Waals surface area contributed by atoms with Gasteiger partial charge < -0.3 is 0 Å². The van der Waals surface area contributed by atoms with Gasteiger partial charge in [-0.05, 0) is 19.9 Å². The van der Waals surface area contributed by atoms with E-state index in [2.05, 4.69) is 9.97 Å².